The molecule has 2 N–H and O–H groups in total. The summed E-state index contributed by atoms with van der Waals surface area (Å²) in [4.78, 5) is 19.4. The fraction of sp³-hybridized carbons (Fsp3) is 0.267. The van der Waals surface area contributed by atoms with Gasteiger partial charge >= 0.3 is 5.97 Å². The van der Waals surface area contributed by atoms with Gasteiger partial charge in [-0.1, -0.05) is 19.1 Å². The standard InChI is InChI=1S/C15H17N3O2/c1-4-13-17-12(15(19)20)8-14(18-13)16-11-7-9(2)5-6-10(11)3/h5-8H,4H2,1-3H3,(H,19,20)(H,16,17,18). The Balaban J connectivity index is 2.39. The van der Waals surface area contributed by atoms with Gasteiger partial charge in [0.25, 0.3) is 0 Å². The van der Waals surface area contributed by atoms with Gasteiger partial charge in [0.15, 0.2) is 5.69 Å². The van der Waals surface area contributed by atoms with Crippen molar-refractivity contribution in [3.63, 3.8) is 0 Å². The van der Waals surface area contributed by atoms with E-state index in [0.29, 0.717) is 18.1 Å². The molecule has 1 aromatic heterocycles. The Labute approximate surface area is 117 Å². The van der Waals surface area contributed by atoms with Crippen molar-refractivity contribution in [2.75, 3.05) is 5.32 Å². The molecule has 5 nitrogen and oxygen atoms in total. The summed E-state index contributed by atoms with van der Waals surface area (Å²) in [6.07, 6.45) is 0.586. The molecule has 0 aliphatic rings. The quantitative estimate of drug-likeness (QED) is 0.893. The lowest BCUT2D eigenvalue weighted by Gasteiger charge is -2.11. The van der Waals surface area contributed by atoms with Crippen LogP contribution in [0.15, 0.2) is 24.3 Å². The second-order valence-corrected chi connectivity index (χ2v) is 4.66. The third kappa shape index (κ3) is 3.12. The maximum Gasteiger partial charge on any atom is 0.354 e. The lowest BCUT2D eigenvalue weighted by Crippen LogP contribution is -2.07. The highest BCUT2D eigenvalue weighted by Crippen LogP contribution is 2.21. The largest absolute Gasteiger partial charge is 0.477 e. The van der Waals surface area contributed by atoms with Crippen LogP contribution in [0.25, 0.3) is 0 Å². The number of nitrogens with zero attached hydrogens (tertiary/aromatic N) is 2. The van der Waals surface area contributed by atoms with Crippen LogP contribution < -0.4 is 5.32 Å². The molecule has 1 aromatic carbocycles. The minimum absolute atomic E-state index is 0.00431. The number of aryl methyl sites for hydroxylation is 3. The maximum absolute atomic E-state index is 11.1. The maximum atomic E-state index is 11.1. The Morgan fingerprint density at radius 3 is 2.65 bits per heavy atom. The van der Waals surface area contributed by atoms with Crippen molar-refractivity contribution in [1.29, 1.82) is 0 Å². The zero-order chi connectivity index (χ0) is 14.7. The molecule has 0 spiro atoms. The number of carbonyl (C=O) groups is 1. The Bertz CT molecular complexity index is 654. The van der Waals surface area contributed by atoms with E-state index in [1.54, 1.807) is 0 Å². The summed E-state index contributed by atoms with van der Waals surface area (Å²) in [5, 5.41) is 12.2. The number of carboxylic acids is 1. The Kier molecular flexibility index (Phi) is 3.98. The molecule has 2 rings (SSSR count). The molecule has 0 aliphatic carbocycles. The van der Waals surface area contributed by atoms with E-state index in [4.69, 9.17) is 5.11 Å². The summed E-state index contributed by atoms with van der Waals surface area (Å²) >= 11 is 0. The third-order valence-corrected chi connectivity index (χ3v) is 2.96. The van der Waals surface area contributed by atoms with Crippen molar-refractivity contribution in [2.24, 2.45) is 0 Å². The number of carboxylic acid groups (broad SMARTS) is 1. The molecule has 0 bridgehead atoms. The van der Waals surface area contributed by atoms with E-state index in [1.807, 2.05) is 39.0 Å². The Morgan fingerprint density at radius 1 is 1.25 bits per heavy atom. The lowest BCUT2D eigenvalue weighted by atomic mass is 10.1. The first-order valence-corrected chi connectivity index (χ1v) is 6.45. The molecule has 0 aliphatic heterocycles. The molecule has 104 valence electrons. The molecule has 0 atom stereocenters. The summed E-state index contributed by atoms with van der Waals surface area (Å²) in [5.41, 5.74) is 3.12. The normalized spacial score (nSPS) is 10.3. The van der Waals surface area contributed by atoms with Gasteiger partial charge in [0.05, 0.1) is 0 Å². The zero-order valence-corrected chi connectivity index (χ0v) is 11.8. The van der Waals surface area contributed by atoms with Crippen LogP contribution in [0.2, 0.25) is 0 Å². The van der Waals surface area contributed by atoms with Gasteiger partial charge in [-0.15, -0.1) is 0 Å². The minimum atomic E-state index is -1.05. The van der Waals surface area contributed by atoms with Crippen LogP contribution in [0.1, 0.15) is 34.4 Å². The molecule has 0 radical (unpaired) electrons. The number of hydrogen-bond donors (Lipinski definition) is 2. The molecule has 1 heterocycles. The SMILES string of the molecule is CCc1nc(Nc2cc(C)ccc2C)cc(C(=O)O)n1. The van der Waals surface area contributed by atoms with Crippen molar-refractivity contribution in [3.05, 3.63) is 46.9 Å². The third-order valence-electron chi connectivity index (χ3n) is 2.96. The molecule has 0 fully saturated rings. The van der Waals surface area contributed by atoms with Crippen LogP contribution in [0.3, 0.4) is 0 Å². The molecular formula is C15H17N3O2. The molecule has 0 unspecified atom stereocenters. The Hall–Kier alpha value is -2.43. The predicted molar refractivity (Wildman–Crippen MR) is 77.6 cm³/mol. The number of hydrogen-bond acceptors (Lipinski definition) is 4. The van der Waals surface area contributed by atoms with Crippen LogP contribution >= 0.6 is 0 Å². The van der Waals surface area contributed by atoms with Gasteiger partial charge in [0.2, 0.25) is 0 Å². The molecule has 20 heavy (non-hydrogen) atoms. The molecule has 0 saturated carbocycles. The van der Waals surface area contributed by atoms with Gasteiger partial charge in [0.1, 0.15) is 11.6 Å². The topological polar surface area (TPSA) is 75.1 Å². The number of nitrogens with one attached hydrogen (secondary N) is 1. The van der Waals surface area contributed by atoms with Crippen LogP contribution in [0.4, 0.5) is 11.5 Å². The summed E-state index contributed by atoms with van der Waals surface area (Å²) in [6, 6.07) is 7.49. The van der Waals surface area contributed by atoms with Crippen LogP contribution in [-0.4, -0.2) is 21.0 Å². The van der Waals surface area contributed by atoms with E-state index in [2.05, 4.69) is 15.3 Å². The summed E-state index contributed by atoms with van der Waals surface area (Å²) < 4.78 is 0. The van der Waals surface area contributed by atoms with Crippen molar-refractivity contribution in [2.45, 2.75) is 27.2 Å². The summed E-state index contributed by atoms with van der Waals surface area (Å²) in [6.45, 7) is 5.88. The van der Waals surface area contributed by atoms with E-state index in [1.165, 1.54) is 6.07 Å². The first-order valence-electron chi connectivity index (χ1n) is 6.45. The summed E-state index contributed by atoms with van der Waals surface area (Å²) in [7, 11) is 0. The van der Waals surface area contributed by atoms with E-state index < -0.39 is 5.97 Å². The molecular weight excluding hydrogens is 254 g/mol. The van der Waals surface area contributed by atoms with Crippen molar-refractivity contribution in [3.8, 4) is 0 Å². The van der Waals surface area contributed by atoms with Crippen LogP contribution in [0, 0.1) is 13.8 Å². The van der Waals surface area contributed by atoms with Crippen molar-refractivity contribution >= 4 is 17.5 Å². The van der Waals surface area contributed by atoms with E-state index >= 15 is 0 Å². The van der Waals surface area contributed by atoms with E-state index in [0.717, 1.165) is 16.8 Å². The van der Waals surface area contributed by atoms with Crippen molar-refractivity contribution < 1.29 is 9.90 Å². The highest BCUT2D eigenvalue weighted by Gasteiger charge is 2.10. The van der Waals surface area contributed by atoms with E-state index in [9.17, 15) is 4.79 Å². The molecule has 5 heteroatoms. The number of aromatic carboxylic acids is 1. The fourth-order valence-electron chi connectivity index (χ4n) is 1.84. The zero-order valence-electron chi connectivity index (χ0n) is 11.8. The number of anilines is 2. The van der Waals surface area contributed by atoms with Gasteiger partial charge in [-0.05, 0) is 31.0 Å². The average molecular weight is 271 g/mol. The first-order chi connectivity index (χ1) is 9.49. The number of rotatable bonds is 4. The van der Waals surface area contributed by atoms with Crippen LogP contribution in [-0.2, 0) is 6.42 Å². The smallest absolute Gasteiger partial charge is 0.354 e. The predicted octanol–water partition coefficient (Wildman–Crippen LogP) is 3.10. The van der Waals surface area contributed by atoms with Gasteiger partial charge in [-0.3, -0.25) is 0 Å². The van der Waals surface area contributed by atoms with Gasteiger partial charge in [0, 0.05) is 18.2 Å². The average Bonchev–Trinajstić information content (AvgIpc) is 2.42. The highest BCUT2D eigenvalue weighted by atomic mass is 16.4. The molecule has 0 saturated heterocycles. The number of benzene rings is 1. The Morgan fingerprint density at radius 2 is 2.00 bits per heavy atom. The highest BCUT2D eigenvalue weighted by molar-refractivity contribution is 5.86. The molecule has 2 aromatic rings. The second kappa shape index (κ2) is 5.69. The first kappa shape index (κ1) is 14.0. The van der Waals surface area contributed by atoms with Crippen molar-refractivity contribution in [1.82, 2.24) is 9.97 Å². The van der Waals surface area contributed by atoms with Crippen LogP contribution in [0.5, 0.6) is 0 Å². The van der Waals surface area contributed by atoms with Gasteiger partial charge in [-0.2, -0.15) is 0 Å². The minimum Gasteiger partial charge on any atom is -0.477 e. The second-order valence-electron chi connectivity index (χ2n) is 4.66. The van der Waals surface area contributed by atoms with E-state index in [-0.39, 0.29) is 5.69 Å². The number of aromatic nitrogens is 2. The van der Waals surface area contributed by atoms with Gasteiger partial charge in [-0.25, -0.2) is 14.8 Å². The van der Waals surface area contributed by atoms with Gasteiger partial charge < -0.3 is 10.4 Å². The summed E-state index contributed by atoms with van der Waals surface area (Å²) in [5.74, 6) is -0.0354. The fourth-order valence-corrected chi connectivity index (χ4v) is 1.84. The monoisotopic (exact) mass is 271 g/mol. The molecule has 0 amide bonds. The lowest BCUT2D eigenvalue weighted by molar-refractivity contribution is 0.0690.